The molecule has 1 aromatic rings. The van der Waals surface area contributed by atoms with E-state index < -0.39 is 0 Å². The molecule has 1 heterocycles. The van der Waals surface area contributed by atoms with Gasteiger partial charge in [-0.05, 0) is 61.4 Å². The van der Waals surface area contributed by atoms with Gasteiger partial charge in [0.2, 0.25) is 0 Å². The first-order valence-corrected chi connectivity index (χ1v) is 7.88. The summed E-state index contributed by atoms with van der Waals surface area (Å²) >= 11 is 0. The number of hydrogen-bond acceptors (Lipinski definition) is 3. The van der Waals surface area contributed by atoms with Gasteiger partial charge in [0.25, 0.3) is 0 Å². The van der Waals surface area contributed by atoms with Crippen LogP contribution in [0.1, 0.15) is 43.2 Å². The molecule has 0 radical (unpaired) electrons. The molecule has 2 bridgehead atoms. The Morgan fingerprint density at radius 2 is 2.20 bits per heavy atom. The maximum atomic E-state index is 10.2. The smallest absolute Gasteiger partial charge is 0.160 e. The van der Waals surface area contributed by atoms with Gasteiger partial charge in [-0.15, -0.1) is 0 Å². The van der Waals surface area contributed by atoms with Gasteiger partial charge in [0.15, 0.2) is 11.5 Å². The second kappa shape index (κ2) is 4.39. The van der Waals surface area contributed by atoms with E-state index in [-0.39, 0.29) is 0 Å². The summed E-state index contributed by atoms with van der Waals surface area (Å²) in [6.45, 7) is 1.12. The van der Waals surface area contributed by atoms with Gasteiger partial charge < -0.3 is 15.2 Å². The number of phenols is 1. The number of ether oxygens (including phenoxy) is 1. The van der Waals surface area contributed by atoms with E-state index in [2.05, 4.69) is 11.4 Å². The quantitative estimate of drug-likeness (QED) is 0.826. The fourth-order valence-corrected chi connectivity index (χ4v) is 5.11. The molecule has 2 aliphatic carbocycles. The van der Waals surface area contributed by atoms with E-state index in [9.17, 15) is 5.11 Å². The predicted molar refractivity (Wildman–Crippen MR) is 78.4 cm³/mol. The highest BCUT2D eigenvalue weighted by Crippen LogP contribution is 2.55. The summed E-state index contributed by atoms with van der Waals surface area (Å²) in [5.74, 6) is 1.68. The summed E-state index contributed by atoms with van der Waals surface area (Å²) in [5, 5.41) is 13.9. The Morgan fingerprint density at radius 1 is 1.30 bits per heavy atom. The van der Waals surface area contributed by atoms with Crippen LogP contribution >= 0.6 is 0 Å². The largest absolute Gasteiger partial charge is 0.504 e. The van der Waals surface area contributed by atoms with Crippen molar-refractivity contribution in [2.75, 3.05) is 13.7 Å². The zero-order valence-electron chi connectivity index (χ0n) is 12.1. The Bertz CT molecular complexity index is 538. The fourth-order valence-electron chi connectivity index (χ4n) is 5.11. The normalized spacial score (nSPS) is 35.0. The first kappa shape index (κ1) is 12.5. The van der Waals surface area contributed by atoms with Crippen molar-refractivity contribution in [1.29, 1.82) is 0 Å². The van der Waals surface area contributed by atoms with Gasteiger partial charge in [0.1, 0.15) is 0 Å². The van der Waals surface area contributed by atoms with Gasteiger partial charge in [-0.1, -0.05) is 12.8 Å². The number of aromatic hydroxyl groups is 1. The highest BCUT2D eigenvalue weighted by molar-refractivity contribution is 5.52. The summed E-state index contributed by atoms with van der Waals surface area (Å²) in [6.07, 6.45) is 7.61. The van der Waals surface area contributed by atoms with Crippen LogP contribution in [0.25, 0.3) is 0 Å². The van der Waals surface area contributed by atoms with Crippen molar-refractivity contribution >= 4 is 0 Å². The van der Waals surface area contributed by atoms with E-state index in [0.29, 0.717) is 23.0 Å². The van der Waals surface area contributed by atoms with Crippen LogP contribution in [0.15, 0.2) is 12.1 Å². The molecular weight excluding hydrogens is 250 g/mol. The molecule has 0 aromatic heterocycles. The number of nitrogens with one attached hydrogen (secondary N) is 1. The van der Waals surface area contributed by atoms with Crippen LogP contribution in [0.4, 0.5) is 0 Å². The number of piperidine rings is 1. The molecule has 4 rings (SSSR count). The lowest BCUT2D eigenvalue weighted by Gasteiger charge is -2.56. The van der Waals surface area contributed by atoms with Crippen LogP contribution in [-0.2, 0) is 11.8 Å². The number of fused-ring (bicyclic) bond motifs is 1. The van der Waals surface area contributed by atoms with E-state index in [1.807, 2.05) is 6.07 Å². The van der Waals surface area contributed by atoms with Crippen LogP contribution in [0, 0.1) is 5.92 Å². The van der Waals surface area contributed by atoms with E-state index in [1.54, 1.807) is 7.11 Å². The minimum Gasteiger partial charge on any atom is -0.504 e. The molecule has 2 N–H and O–H groups in total. The topological polar surface area (TPSA) is 41.5 Å². The molecule has 3 aliphatic rings. The summed E-state index contributed by atoms with van der Waals surface area (Å²) in [4.78, 5) is 0. The van der Waals surface area contributed by atoms with Crippen molar-refractivity contribution < 1.29 is 9.84 Å². The Kier molecular flexibility index (Phi) is 2.75. The highest BCUT2D eigenvalue weighted by Gasteiger charge is 2.51. The average molecular weight is 273 g/mol. The third-order valence-corrected chi connectivity index (χ3v) is 5.94. The minimum absolute atomic E-state index is 0.307. The molecule has 3 nitrogen and oxygen atoms in total. The summed E-state index contributed by atoms with van der Waals surface area (Å²) in [6, 6.07) is 4.69. The van der Waals surface area contributed by atoms with Gasteiger partial charge in [0.05, 0.1) is 7.11 Å². The lowest BCUT2D eigenvalue weighted by atomic mass is 9.53. The maximum absolute atomic E-state index is 10.2. The molecule has 1 saturated heterocycles. The van der Waals surface area contributed by atoms with Crippen LogP contribution in [0.2, 0.25) is 0 Å². The minimum atomic E-state index is 0.307. The average Bonchev–Trinajstić information content (AvgIpc) is 2.48. The lowest BCUT2D eigenvalue weighted by Crippen LogP contribution is -2.59. The zero-order chi connectivity index (χ0) is 13.7. The first-order valence-electron chi connectivity index (χ1n) is 7.88. The van der Waals surface area contributed by atoms with Crippen LogP contribution < -0.4 is 10.1 Å². The molecule has 1 aliphatic heterocycles. The molecule has 3 heteroatoms. The molecule has 0 spiro atoms. The number of hydrogen-bond donors (Lipinski definition) is 2. The number of benzene rings is 1. The van der Waals surface area contributed by atoms with Gasteiger partial charge >= 0.3 is 0 Å². The van der Waals surface area contributed by atoms with Gasteiger partial charge in [-0.2, -0.15) is 0 Å². The molecule has 1 saturated carbocycles. The molecule has 2 fully saturated rings. The van der Waals surface area contributed by atoms with Crippen molar-refractivity contribution in [3.8, 4) is 11.5 Å². The monoisotopic (exact) mass is 273 g/mol. The third kappa shape index (κ3) is 1.56. The molecule has 3 atom stereocenters. The van der Waals surface area contributed by atoms with E-state index in [1.165, 1.54) is 43.2 Å². The molecule has 0 amide bonds. The Balaban J connectivity index is 1.89. The van der Waals surface area contributed by atoms with Crippen LogP contribution in [-0.4, -0.2) is 24.8 Å². The van der Waals surface area contributed by atoms with E-state index >= 15 is 0 Å². The fraction of sp³-hybridized carbons (Fsp3) is 0.647. The van der Waals surface area contributed by atoms with Gasteiger partial charge in [-0.3, -0.25) is 0 Å². The Labute approximate surface area is 120 Å². The Hall–Kier alpha value is -1.22. The summed E-state index contributed by atoms with van der Waals surface area (Å²) in [5.41, 5.74) is 3.11. The van der Waals surface area contributed by atoms with Crippen molar-refractivity contribution in [3.63, 3.8) is 0 Å². The molecule has 108 valence electrons. The van der Waals surface area contributed by atoms with Gasteiger partial charge in [0, 0.05) is 11.5 Å². The molecule has 20 heavy (non-hydrogen) atoms. The van der Waals surface area contributed by atoms with Crippen molar-refractivity contribution in [2.24, 2.45) is 5.92 Å². The molecular formula is C17H23NO2. The number of methoxy groups -OCH3 is 1. The van der Waals surface area contributed by atoms with E-state index in [4.69, 9.17) is 4.74 Å². The van der Waals surface area contributed by atoms with Crippen molar-refractivity contribution in [3.05, 3.63) is 23.3 Å². The van der Waals surface area contributed by atoms with Crippen molar-refractivity contribution in [2.45, 2.75) is 50.0 Å². The van der Waals surface area contributed by atoms with Crippen molar-refractivity contribution in [1.82, 2.24) is 5.32 Å². The molecule has 1 aromatic carbocycles. The van der Waals surface area contributed by atoms with Crippen LogP contribution in [0.5, 0.6) is 11.5 Å². The SMILES string of the molecule is COc1cc2c(cc1O)[C@@]13CCCC[C@H]1[C@@H](C2)NCC3. The standard InChI is InChI=1S/C17H23NO2/c1-20-16-9-11-8-14-12-4-2-3-5-17(12,6-7-18-14)13(11)10-15(16)19/h9-10,12,14,18-19H,2-8H2,1H3/t12-,14+,17+/m0/s1. The number of rotatable bonds is 1. The van der Waals surface area contributed by atoms with Gasteiger partial charge in [-0.25, -0.2) is 0 Å². The third-order valence-electron chi connectivity index (χ3n) is 5.94. The maximum Gasteiger partial charge on any atom is 0.160 e. The summed E-state index contributed by atoms with van der Waals surface area (Å²) < 4.78 is 5.30. The second-order valence-corrected chi connectivity index (χ2v) is 6.70. The first-order chi connectivity index (χ1) is 9.74. The van der Waals surface area contributed by atoms with E-state index in [0.717, 1.165) is 18.9 Å². The Morgan fingerprint density at radius 3 is 3.05 bits per heavy atom. The highest BCUT2D eigenvalue weighted by atomic mass is 16.5. The predicted octanol–water partition coefficient (Wildman–Crippen LogP) is 2.75. The molecule has 0 unspecified atom stereocenters. The van der Waals surface area contributed by atoms with Crippen LogP contribution in [0.3, 0.4) is 0 Å². The lowest BCUT2D eigenvalue weighted by molar-refractivity contribution is 0.0793. The number of phenolic OH excluding ortho intramolecular Hbond substituents is 1. The summed E-state index contributed by atoms with van der Waals surface area (Å²) in [7, 11) is 1.63. The second-order valence-electron chi connectivity index (χ2n) is 6.70. The zero-order valence-corrected chi connectivity index (χ0v) is 12.1.